The molecular weight excluding hydrogens is 366 g/mol. The van der Waals surface area contributed by atoms with Crippen molar-refractivity contribution in [1.82, 2.24) is 0 Å². The second-order valence-corrected chi connectivity index (χ2v) is 5.93. The lowest BCUT2D eigenvalue weighted by atomic mass is 10.1. The van der Waals surface area contributed by atoms with E-state index in [-0.39, 0.29) is 12.2 Å². The molecule has 0 radical (unpaired) electrons. The number of carbonyl (C=O) groups excluding carboxylic acids is 2. The van der Waals surface area contributed by atoms with Crippen LogP contribution in [-0.4, -0.2) is 37.8 Å². The first-order valence-corrected chi connectivity index (χ1v) is 8.36. The predicted molar refractivity (Wildman–Crippen MR) is 101 cm³/mol. The van der Waals surface area contributed by atoms with Crippen LogP contribution in [0.3, 0.4) is 0 Å². The Kier molecular flexibility index (Phi) is 5.69. The zero-order chi connectivity index (χ0) is 20.1. The van der Waals surface area contributed by atoms with Gasteiger partial charge in [0.25, 0.3) is 5.91 Å². The van der Waals surface area contributed by atoms with E-state index in [1.807, 2.05) is 0 Å². The van der Waals surface area contributed by atoms with Crippen molar-refractivity contribution in [2.24, 2.45) is 0 Å². The van der Waals surface area contributed by atoms with Crippen molar-refractivity contribution < 1.29 is 33.3 Å². The number of esters is 1. The van der Waals surface area contributed by atoms with Gasteiger partial charge in [-0.15, -0.1) is 0 Å². The van der Waals surface area contributed by atoms with Crippen LogP contribution in [0, 0.1) is 0 Å². The molecule has 0 aliphatic rings. The first kappa shape index (κ1) is 19.1. The third-order valence-electron chi connectivity index (χ3n) is 3.97. The summed E-state index contributed by atoms with van der Waals surface area (Å²) in [6.45, 7) is -0.436. The molecule has 146 valence electrons. The minimum Gasteiger partial charge on any atom is -0.508 e. The fraction of sp³-hybridized carbons (Fsp3) is 0.200. The van der Waals surface area contributed by atoms with Crippen LogP contribution in [0.25, 0.3) is 11.0 Å². The molecule has 0 aliphatic heterocycles. The van der Waals surface area contributed by atoms with E-state index in [1.165, 1.54) is 32.6 Å². The van der Waals surface area contributed by atoms with Crippen LogP contribution in [0.1, 0.15) is 5.56 Å². The molecule has 1 heterocycles. The van der Waals surface area contributed by atoms with E-state index in [1.54, 1.807) is 24.3 Å². The van der Waals surface area contributed by atoms with Gasteiger partial charge in [-0.25, -0.2) is 0 Å². The highest BCUT2D eigenvalue weighted by molar-refractivity contribution is 5.93. The smallest absolute Gasteiger partial charge is 0.310 e. The number of anilines is 1. The van der Waals surface area contributed by atoms with Gasteiger partial charge in [0.1, 0.15) is 22.8 Å². The summed E-state index contributed by atoms with van der Waals surface area (Å²) < 4.78 is 20.6. The lowest BCUT2D eigenvalue weighted by Gasteiger charge is -2.10. The van der Waals surface area contributed by atoms with Crippen LogP contribution < -0.4 is 14.8 Å². The maximum Gasteiger partial charge on any atom is 0.310 e. The van der Waals surface area contributed by atoms with Crippen LogP contribution in [0.4, 0.5) is 5.69 Å². The summed E-state index contributed by atoms with van der Waals surface area (Å²) in [5.41, 5.74) is 1.53. The number of methoxy groups -OCH3 is 2. The first-order chi connectivity index (χ1) is 13.5. The zero-order valence-electron chi connectivity index (χ0n) is 15.4. The van der Waals surface area contributed by atoms with Gasteiger partial charge in [-0.3, -0.25) is 9.59 Å². The number of phenolic OH excluding ortho intramolecular Hbond substituents is 1. The highest BCUT2D eigenvalue weighted by Crippen LogP contribution is 2.26. The van der Waals surface area contributed by atoms with Crippen molar-refractivity contribution in [1.29, 1.82) is 0 Å². The second kappa shape index (κ2) is 8.34. The Morgan fingerprint density at radius 2 is 1.79 bits per heavy atom. The number of ether oxygens (including phenoxy) is 3. The lowest BCUT2D eigenvalue weighted by Crippen LogP contribution is -2.21. The Balaban J connectivity index is 1.56. The Hall–Kier alpha value is -3.68. The van der Waals surface area contributed by atoms with Crippen molar-refractivity contribution in [3.05, 3.63) is 48.2 Å². The van der Waals surface area contributed by atoms with E-state index in [4.69, 9.17) is 18.6 Å². The van der Waals surface area contributed by atoms with Crippen LogP contribution in [0.5, 0.6) is 17.2 Å². The van der Waals surface area contributed by atoms with Gasteiger partial charge < -0.3 is 29.1 Å². The number of nitrogens with one attached hydrogen (secondary N) is 1. The van der Waals surface area contributed by atoms with Crippen LogP contribution in [0.15, 0.2) is 47.1 Å². The number of carbonyl (C=O) groups is 2. The maximum absolute atomic E-state index is 12.1. The highest BCUT2D eigenvalue weighted by atomic mass is 16.5. The van der Waals surface area contributed by atoms with E-state index in [2.05, 4.69) is 5.32 Å². The van der Waals surface area contributed by atoms with Crippen molar-refractivity contribution in [3.8, 4) is 17.2 Å². The Morgan fingerprint density at radius 1 is 1.07 bits per heavy atom. The van der Waals surface area contributed by atoms with Gasteiger partial charge in [-0.2, -0.15) is 0 Å². The van der Waals surface area contributed by atoms with Crippen molar-refractivity contribution in [3.63, 3.8) is 0 Å². The number of amides is 1. The number of fused-ring (bicyclic) bond motifs is 1. The molecule has 0 atom stereocenters. The van der Waals surface area contributed by atoms with E-state index in [0.717, 1.165) is 0 Å². The SMILES string of the molecule is COc1cc(NC(=O)COC(=O)Cc2coc3cc(O)ccc23)cc(OC)c1. The predicted octanol–water partition coefficient (Wildman–Crippen LogP) is 2.88. The number of rotatable bonds is 7. The number of benzene rings is 2. The van der Waals surface area contributed by atoms with Gasteiger partial charge in [0, 0.05) is 40.9 Å². The van der Waals surface area contributed by atoms with Gasteiger partial charge >= 0.3 is 5.97 Å². The molecule has 8 heteroatoms. The molecule has 2 aromatic carbocycles. The van der Waals surface area contributed by atoms with Gasteiger partial charge in [-0.05, 0) is 12.1 Å². The van der Waals surface area contributed by atoms with Gasteiger partial charge in [0.2, 0.25) is 0 Å². The fourth-order valence-electron chi connectivity index (χ4n) is 2.64. The molecule has 0 saturated heterocycles. The summed E-state index contributed by atoms with van der Waals surface area (Å²) in [5, 5.41) is 12.8. The quantitative estimate of drug-likeness (QED) is 0.602. The van der Waals surface area contributed by atoms with E-state index in [9.17, 15) is 14.7 Å². The summed E-state index contributed by atoms with van der Waals surface area (Å²) in [7, 11) is 3.01. The Labute approximate surface area is 160 Å². The maximum atomic E-state index is 12.1. The Bertz CT molecular complexity index is 987. The molecule has 3 rings (SSSR count). The van der Waals surface area contributed by atoms with Crippen molar-refractivity contribution in [2.75, 3.05) is 26.1 Å². The van der Waals surface area contributed by atoms with E-state index < -0.39 is 18.5 Å². The third-order valence-corrected chi connectivity index (χ3v) is 3.97. The molecule has 0 spiro atoms. The molecular formula is C20H19NO7. The first-order valence-electron chi connectivity index (χ1n) is 8.36. The summed E-state index contributed by atoms with van der Waals surface area (Å²) in [6.07, 6.45) is 1.37. The number of aromatic hydroxyl groups is 1. The minimum absolute atomic E-state index is 0.0575. The van der Waals surface area contributed by atoms with Crippen LogP contribution in [0.2, 0.25) is 0 Å². The molecule has 0 bridgehead atoms. The number of furan rings is 1. The van der Waals surface area contributed by atoms with Gasteiger partial charge in [-0.1, -0.05) is 0 Å². The van der Waals surface area contributed by atoms with Crippen LogP contribution >= 0.6 is 0 Å². The largest absolute Gasteiger partial charge is 0.508 e. The molecule has 1 amide bonds. The van der Waals surface area contributed by atoms with Gasteiger partial charge in [0.15, 0.2) is 6.61 Å². The molecule has 1 aromatic heterocycles. The Morgan fingerprint density at radius 3 is 2.46 bits per heavy atom. The molecule has 8 nitrogen and oxygen atoms in total. The van der Waals surface area contributed by atoms with E-state index in [0.29, 0.717) is 33.7 Å². The summed E-state index contributed by atoms with van der Waals surface area (Å²) in [4.78, 5) is 24.1. The van der Waals surface area contributed by atoms with Crippen molar-refractivity contribution in [2.45, 2.75) is 6.42 Å². The molecule has 0 unspecified atom stereocenters. The van der Waals surface area contributed by atoms with E-state index >= 15 is 0 Å². The molecule has 2 N–H and O–H groups in total. The second-order valence-electron chi connectivity index (χ2n) is 5.93. The molecule has 3 aromatic rings. The third kappa shape index (κ3) is 4.53. The standard InChI is InChI=1S/C20H19NO7/c1-25-15-6-13(7-16(9-15)26-2)21-19(23)11-28-20(24)5-12-10-27-18-8-14(22)3-4-17(12)18/h3-4,6-10,22H,5,11H2,1-2H3,(H,21,23). The summed E-state index contributed by atoms with van der Waals surface area (Å²) in [6, 6.07) is 9.53. The fourth-order valence-corrected chi connectivity index (χ4v) is 2.64. The number of hydrogen-bond acceptors (Lipinski definition) is 7. The average molecular weight is 385 g/mol. The molecule has 0 saturated carbocycles. The molecule has 28 heavy (non-hydrogen) atoms. The molecule has 0 fully saturated rings. The van der Waals surface area contributed by atoms with Gasteiger partial charge in [0.05, 0.1) is 26.9 Å². The summed E-state index contributed by atoms with van der Waals surface area (Å²) in [5.74, 6) is 0.0376. The lowest BCUT2D eigenvalue weighted by molar-refractivity contribution is -0.146. The van der Waals surface area contributed by atoms with Crippen molar-refractivity contribution >= 4 is 28.5 Å². The molecule has 0 aliphatic carbocycles. The average Bonchev–Trinajstić information content (AvgIpc) is 3.07. The highest BCUT2D eigenvalue weighted by Gasteiger charge is 2.14. The normalized spacial score (nSPS) is 10.5. The zero-order valence-corrected chi connectivity index (χ0v) is 15.4. The summed E-state index contributed by atoms with van der Waals surface area (Å²) >= 11 is 0. The number of hydrogen-bond donors (Lipinski definition) is 2. The minimum atomic E-state index is -0.575. The monoisotopic (exact) mass is 385 g/mol. The topological polar surface area (TPSA) is 107 Å². The van der Waals surface area contributed by atoms with Crippen LogP contribution in [-0.2, 0) is 20.7 Å². The number of phenols is 1.